The van der Waals surface area contributed by atoms with Crippen LogP contribution in [-0.4, -0.2) is 16.0 Å². The fourth-order valence-corrected chi connectivity index (χ4v) is 2.14. The second-order valence-corrected chi connectivity index (χ2v) is 4.17. The third-order valence-electron chi connectivity index (χ3n) is 2.95. The van der Waals surface area contributed by atoms with Crippen LogP contribution in [0.1, 0.15) is 31.6 Å². The van der Waals surface area contributed by atoms with Crippen LogP contribution in [0.15, 0.2) is 30.5 Å². The second kappa shape index (κ2) is 5.15. The molecule has 1 heterocycles. The summed E-state index contributed by atoms with van der Waals surface area (Å²) in [4.78, 5) is 10.5. The predicted molar refractivity (Wildman–Crippen MR) is 67.5 cm³/mol. The Balaban J connectivity index is 2.51. The van der Waals surface area contributed by atoms with Gasteiger partial charge in [-0.25, -0.2) is 0 Å². The highest BCUT2D eigenvalue weighted by molar-refractivity contribution is 5.86. The van der Waals surface area contributed by atoms with Gasteiger partial charge in [-0.3, -0.25) is 4.79 Å². The number of hydrogen-bond acceptors (Lipinski definition) is 2. The maximum atomic E-state index is 10.5. The molecule has 0 aliphatic carbocycles. The van der Waals surface area contributed by atoms with Crippen molar-refractivity contribution in [2.75, 3.05) is 0 Å². The Kier molecular flexibility index (Phi) is 3.59. The van der Waals surface area contributed by atoms with E-state index in [4.69, 9.17) is 0 Å². The zero-order chi connectivity index (χ0) is 12.3. The highest BCUT2D eigenvalue weighted by Crippen LogP contribution is 2.25. The molecule has 1 radical (unpaired) electrons. The second-order valence-electron chi connectivity index (χ2n) is 4.17. The van der Waals surface area contributed by atoms with E-state index in [1.165, 1.54) is 0 Å². The Labute approximate surface area is 101 Å². The number of fused-ring (bicyclic) bond motifs is 1. The van der Waals surface area contributed by atoms with Gasteiger partial charge in [0.2, 0.25) is 6.29 Å². The van der Waals surface area contributed by atoms with Crippen molar-refractivity contribution in [1.82, 2.24) is 4.57 Å². The molecule has 0 saturated carbocycles. The molecule has 0 saturated heterocycles. The van der Waals surface area contributed by atoms with Crippen molar-refractivity contribution in [1.29, 1.82) is 0 Å². The van der Waals surface area contributed by atoms with Gasteiger partial charge in [0.15, 0.2) is 0 Å². The average molecular weight is 230 g/mol. The molecule has 3 nitrogen and oxygen atoms in total. The number of benzene rings is 1. The summed E-state index contributed by atoms with van der Waals surface area (Å²) in [5.74, 6) is 0. The lowest BCUT2D eigenvalue weighted by atomic mass is 10.1. The number of nitrogens with zero attached hydrogens (tertiary/aromatic N) is 1. The molecule has 89 valence electrons. The first-order valence-electron chi connectivity index (χ1n) is 5.89. The molecule has 1 aromatic heterocycles. The zero-order valence-electron chi connectivity index (χ0n) is 9.89. The first-order valence-corrected chi connectivity index (χ1v) is 5.89. The van der Waals surface area contributed by atoms with E-state index in [0.29, 0.717) is 6.42 Å². The van der Waals surface area contributed by atoms with Crippen molar-refractivity contribution in [3.8, 4) is 0 Å². The molecule has 2 rings (SSSR count). The number of aliphatic hydroxyl groups excluding tert-OH is 1. The lowest BCUT2D eigenvalue weighted by Gasteiger charge is -2.12. The van der Waals surface area contributed by atoms with Gasteiger partial charge in [0.1, 0.15) is 6.23 Å². The number of carbonyl (C=O) groups excluding carboxylic acids is 1. The molecule has 1 N–H and O–H groups in total. The number of rotatable bonds is 5. The molecule has 3 heteroatoms. The van der Waals surface area contributed by atoms with Crippen molar-refractivity contribution in [2.45, 2.75) is 32.4 Å². The Bertz CT molecular complexity index is 516. The molecule has 0 spiro atoms. The Morgan fingerprint density at radius 3 is 2.88 bits per heavy atom. The van der Waals surface area contributed by atoms with Crippen molar-refractivity contribution < 1.29 is 9.90 Å². The summed E-state index contributed by atoms with van der Waals surface area (Å²) in [6, 6.07) is 7.80. The van der Waals surface area contributed by atoms with E-state index >= 15 is 0 Å². The van der Waals surface area contributed by atoms with E-state index in [-0.39, 0.29) is 6.42 Å². The highest BCUT2D eigenvalue weighted by Gasteiger charge is 2.12. The molecule has 0 aliphatic heterocycles. The maximum Gasteiger partial charge on any atom is 0.203 e. The maximum absolute atomic E-state index is 10.5. The average Bonchev–Trinajstić information content (AvgIpc) is 2.70. The quantitative estimate of drug-likeness (QED) is 0.857. The predicted octanol–water partition coefficient (Wildman–Crippen LogP) is 2.58. The molecular weight excluding hydrogens is 214 g/mol. The van der Waals surface area contributed by atoms with Crippen LogP contribution in [0, 0.1) is 0 Å². The topological polar surface area (TPSA) is 42.2 Å². The minimum atomic E-state index is -0.523. The number of aliphatic hydroxyl groups is 1. The van der Waals surface area contributed by atoms with Gasteiger partial charge in [0.25, 0.3) is 0 Å². The van der Waals surface area contributed by atoms with Gasteiger partial charge < -0.3 is 9.67 Å². The molecule has 0 bridgehead atoms. The molecule has 2 aromatic rings. The van der Waals surface area contributed by atoms with Crippen LogP contribution in [0.4, 0.5) is 0 Å². The van der Waals surface area contributed by atoms with Crippen LogP contribution in [0.5, 0.6) is 0 Å². The van der Waals surface area contributed by atoms with Gasteiger partial charge in [0.05, 0.1) is 5.52 Å². The third kappa shape index (κ3) is 2.24. The minimum Gasteiger partial charge on any atom is -0.373 e. The first-order chi connectivity index (χ1) is 8.27. The van der Waals surface area contributed by atoms with Gasteiger partial charge in [-0.1, -0.05) is 31.5 Å². The Morgan fingerprint density at radius 1 is 1.41 bits per heavy atom. The van der Waals surface area contributed by atoms with E-state index < -0.39 is 6.23 Å². The van der Waals surface area contributed by atoms with Gasteiger partial charge in [-0.05, 0) is 18.1 Å². The standard InChI is InChI=1S/C14H16NO2/c1-2-5-14(17)15-10-11(8-9-16)12-6-3-4-7-13(12)15/h3-4,6-7,10,14,17H,2,5,8H2,1H3. The molecule has 0 aliphatic rings. The van der Waals surface area contributed by atoms with E-state index in [9.17, 15) is 9.90 Å². The SMILES string of the molecule is CCCC(O)n1cc(C[C]=O)c2ccccc21. The summed E-state index contributed by atoms with van der Waals surface area (Å²) >= 11 is 0. The number of aromatic nitrogens is 1. The molecule has 1 unspecified atom stereocenters. The smallest absolute Gasteiger partial charge is 0.203 e. The lowest BCUT2D eigenvalue weighted by Crippen LogP contribution is -2.06. The lowest BCUT2D eigenvalue weighted by molar-refractivity contribution is 0.0982. The summed E-state index contributed by atoms with van der Waals surface area (Å²) in [5, 5.41) is 11.1. The van der Waals surface area contributed by atoms with E-state index in [2.05, 4.69) is 0 Å². The van der Waals surface area contributed by atoms with Gasteiger partial charge in [-0.15, -0.1) is 0 Å². The van der Waals surface area contributed by atoms with Crippen LogP contribution in [0.3, 0.4) is 0 Å². The minimum absolute atomic E-state index is 0.270. The van der Waals surface area contributed by atoms with Crippen molar-refractivity contribution in [3.63, 3.8) is 0 Å². The summed E-state index contributed by atoms with van der Waals surface area (Å²) in [5.41, 5.74) is 1.89. The molecule has 0 fully saturated rings. The van der Waals surface area contributed by atoms with Crippen molar-refractivity contribution in [3.05, 3.63) is 36.0 Å². The van der Waals surface area contributed by atoms with Crippen LogP contribution < -0.4 is 0 Å². The molecule has 1 aromatic carbocycles. The monoisotopic (exact) mass is 230 g/mol. The fourth-order valence-electron chi connectivity index (χ4n) is 2.14. The molecule has 0 amide bonds. The fraction of sp³-hybridized carbons (Fsp3) is 0.357. The van der Waals surface area contributed by atoms with Crippen LogP contribution in [0.25, 0.3) is 10.9 Å². The highest BCUT2D eigenvalue weighted by atomic mass is 16.3. The Hall–Kier alpha value is -1.61. The number of para-hydroxylation sites is 1. The van der Waals surface area contributed by atoms with E-state index in [0.717, 1.165) is 22.9 Å². The third-order valence-corrected chi connectivity index (χ3v) is 2.95. The summed E-state index contributed by atoms with van der Waals surface area (Å²) in [7, 11) is 0. The number of hydrogen-bond donors (Lipinski definition) is 1. The van der Waals surface area contributed by atoms with E-state index in [1.54, 1.807) is 0 Å². The van der Waals surface area contributed by atoms with Crippen molar-refractivity contribution >= 4 is 17.2 Å². The van der Waals surface area contributed by atoms with Gasteiger partial charge in [0, 0.05) is 18.0 Å². The summed E-state index contributed by atoms with van der Waals surface area (Å²) < 4.78 is 1.84. The summed E-state index contributed by atoms with van der Waals surface area (Å²) in [6.07, 6.45) is 5.15. The van der Waals surface area contributed by atoms with E-state index in [1.807, 2.05) is 48.2 Å². The molecule has 1 atom stereocenters. The molecular formula is C14H16NO2. The largest absolute Gasteiger partial charge is 0.373 e. The van der Waals surface area contributed by atoms with Crippen molar-refractivity contribution in [2.24, 2.45) is 0 Å². The summed E-state index contributed by atoms with van der Waals surface area (Å²) in [6.45, 7) is 2.04. The van der Waals surface area contributed by atoms with Crippen LogP contribution >= 0.6 is 0 Å². The van der Waals surface area contributed by atoms with Gasteiger partial charge in [-0.2, -0.15) is 0 Å². The normalized spacial score (nSPS) is 12.8. The Morgan fingerprint density at radius 2 is 2.18 bits per heavy atom. The molecule has 17 heavy (non-hydrogen) atoms. The first kappa shape index (κ1) is 11.9. The van der Waals surface area contributed by atoms with Gasteiger partial charge >= 0.3 is 0 Å². The van der Waals surface area contributed by atoms with Crippen LogP contribution in [-0.2, 0) is 11.2 Å². The zero-order valence-corrected chi connectivity index (χ0v) is 9.89. The van der Waals surface area contributed by atoms with Crippen LogP contribution in [0.2, 0.25) is 0 Å².